The number of carbonyl (C=O) groups is 1. The molecule has 6 nitrogen and oxygen atoms in total. The summed E-state index contributed by atoms with van der Waals surface area (Å²) >= 11 is 1.64. The summed E-state index contributed by atoms with van der Waals surface area (Å²) in [5.41, 5.74) is 0. The number of nitrogens with zero attached hydrogens (tertiary/aromatic N) is 4. The Labute approximate surface area is 138 Å². The van der Waals surface area contributed by atoms with Crippen molar-refractivity contribution in [1.29, 1.82) is 0 Å². The summed E-state index contributed by atoms with van der Waals surface area (Å²) in [5, 5.41) is 6.32. The van der Waals surface area contributed by atoms with Crippen molar-refractivity contribution in [2.45, 2.75) is 0 Å². The van der Waals surface area contributed by atoms with E-state index in [4.69, 9.17) is 0 Å². The second-order valence-electron chi connectivity index (χ2n) is 5.50. The van der Waals surface area contributed by atoms with E-state index in [1.165, 1.54) is 0 Å². The Hall–Kier alpha value is -1.44. The first-order valence-corrected chi connectivity index (χ1v) is 8.13. The van der Waals surface area contributed by atoms with E-state index in [1.54, 1.807) is 17.7 Å². The molecular weight excluding hydrogens is 322 g/mol. The van der Waals surface area contributed by atoms with Crippen molar-refractivity contribution in [3.05, 3.63) is 17.8 Å². The maximum absolute atomic E-state index is 12.2. The topological polar surface area (TPSA) is 61.4 Å². The van der Waals surface area contributed by atoms with Crippen molar-refractivity contribution in [2.24, 2.45) is 5.92 Å². The number of amides is 1. The van der Waals surface area contributed by atoms with E-state index in [2.05, 4.69) is 26.3 Å². The SMILES string of the molecule is Cl.O=C(C1CNC1)N1CCN(c2ncnc3sccc23)CC1. The Morgan fingerprint density at radius 2 is 2.00 bits per heavy atom. The molecule has 0 atom stereocenters. The Morgan fingerprint density at radius 3 is 2.68 bits per heavy atom. The number of rotatable bonds is 2. The second-order valence-corrected chi connectivity index (χ2v) is 6.40. The number of piperazine rings is 1. The van der Waals surface area contributed by atoms with E-state index in [1.807, 2.05) is 10.3 Å². The van der Waals surface area contributed by atoms with E-state index in [9.17, 15) is 4.79 Å². The van der Waals surface area contributed by atoms with Gasteiger partial charge in [0.2, 0.25) is 5.91 Å². The smallest absolute Gasteiger partial charge is 0.228 e. The number of hydrogen-bond donors (Lipinski definition) is 1. The minimum atomic E-state index is 0. The zero-order chi connectivity index (χ0) is 14.2. The lowest BCUT2D eigenvalue weighted by Crippen LogP contribution is -2.56. The van der Waals surface area contributed by atoms with Crippen molar-refractivity contribution >= 4 is 45.7 Å². The van der Waals surface area contributed by atoms with Gasteiger partial charge in [-0.15, -0.1) is 23.7 Å². The third-order valence-electron chi connectivity index (χ3n) is 4.26. The fraction of sp³-hybridized carbons (Fsp3) is 0.500. The minimum absolute atomic E-state index is 0. The molecule has 0 unspecified atom stereocenters. The molecule has 2 fully saturated rings. The summed E-state index contributed by atoms with van der Waals surface area (Å²) in [4.78, 5) is 26.3. The van der Waals surface area contributed by atoms with Gasteiger partial charge in [-0.3, -0.25) is 4.79 Å². The van der Waals surface area contributed by atoms with Crippen LogP contribution in [-0.4, -0.2) is 60.0 Å². The van der Waals surface area contributed by atoms with Crippen LogP contribution >= 0.6 is 23.7 Å². The number of halogens is 1. The molecular formula is C14H18ClN5OS. The number of fused-ring (bicyclic) bond motifs is 1. The summed E-state index contributed by atoms with van der Waals surface area (Å²) in [6.45, 7) is 4.92. The highest BCUT2D eigenvalue weighted by molar-refractivity contribution is 7.16. The van der Waals surface area contributed by atoms with Gasteiger partial charge in [0.1, 0.15) is 17.0 Å². The summed E-state index contributed by atoms with van der Waals surface area (Å²) in [6.07, 6.45) is 1.63. The molecule has 2 saturated heterocycles. The Morgan fingerprint density at radius 1 is 1.23 bits per heavy atom. The maximum Gasteiger partial charge on any atom is 0.228 e. The standard InChI is InChI=1S/C14H17N5OS.ClH/c20-14(10-7-15-8-10)19-4-2-18(3-5-19)12-11-1-6-21-13(11)17-9-16-12;/h1,6,9-10,15H,2-5,7-8H2;1H. The van der Waals surface area contributed by atoms with E-state index < -0.39 is 0 Å². The van der Waals surface area contributed by atoms with Crippen LogP contribution < -0.4 is 10.2 Å². The van der Waals surface area contributed by atoms with E-state index >= 15 is 0 Å². The summed E-state index contributed by atoms with van der Waals surface area (Å²) in [7, 11) is 0. The first kappa shape index (κ1) is 15.5. The highest BCUT2D eigenvalue weighted by Gasteiger charge is 2.31. The van der Waals surface area contributed by atoms with Gasteiger partial charge in [-0.05, 0) is 11.4 Å². The molecule has 8 heteroatoms. The molecule has 118 valence electrons. The Bertz CT molecular complexity index is 666. The zero-order valence-corrected chi connectivity index (χ0v) is 13.7. The van der Waals surface area contributed by atoms with E-state index in [-0.39, 0.29) is 18.3 Å². The van der Waals surface area contributed by atoms with Crippen LogP contribution in [-0.2, 0) is 4.79 Å². The molecule has 2 aliphatic rings. The largest absolute Gasteiger partial charge is 0.352 e. The van der Waals surface area contributed by atoms with Crippen LogP contribution in [0.5, 0.6) is 0 Å². The van der Waals surface area contributed by atoms with Gasteiger partial charge in [0, 0.05) is 39.3 Å². The number of aromatic nitrogens is 2. The molecule has 0 bridgehead atoms. The van der Waals surface area contributed by atoms with Gasteiger partial charge in [-0.1, -0.05) is 0 Å². The third-order valence-corrected chi connectivity index (χ3v) is 5.08. The highest BCUT2D eigenvalue weighted by Crippen LogP contribution is 2.27. The highest BCUT2D eigenvalue weighted by atomic mass is 35.5. The van der Waals surface area contributed by atoms with Crippen LogP contribution in [0.1, 0.15) is 0 Å². The van der Waals surface area contributed by atoms with E-state index in [0.717, 1.165) is 55.3 Å². The number of anilines is 1. The van der Waals surface area contributed by atoms with Crippen molar-refractivity contribution < 1.29 is 4.79 Å². The van der Waals surface area contributed by atoms with Gasteiger partial charge in [0.25, 0.3) is 0 Å². The van der Waals surface area contributed by atoms with Crippen molar-refractivity contribution in [1.82, 2.24) is 20.2 Å². The van der Waals surface area contributed by atoms with Crippen molar-refractivity contribution in [2.75, 3.05) is 44.2 Å². The fourth-order valence-corrected chi connectivity index (χ4v) is 3.62. The molecule has 2 aromatic heterocycles. The minimum Gasteiger partial charge on any atom is -0.352 e. The molecule has 2 aliphatic heterocycles. The first-order chi connectivity index (χ1) is 10.3. The summed E-state index contributed by atoms with van der Waals surface area (Å²) < 4.78 is 0. The quantitative estimate of drug-likeness (QED) is 0.884. The van der Waals surface area contributed by atoms with Crippen LogP contribution in [0.15, 0.2) is 17.8 Å². The van der Waals surface area contributed by atoms with Gasteiger partial charge < -0.3 is 15.1 Å². The van der Waals surface area contributed by atoms with Gasteiger partial charge in [-0.25, -0.2) is 9.97 Å². The van der Waals surface area contributed by atoms with Crippen LogP contribution in [0.25, 0.3) is 10.2 Å². The average Bonchev–Trinajstić information content (AvgIpc) is 2.94. The van der Waals surface area contributed by atoms with Crippen LogP contribution in [0.4, 0.5) is 5.82 Å². The van der Waals surface area contributed by atoms with Crippen LogP contribution in [0.2, 0.25) is 0 Å². The number of carbonyl (C=O) groups excluding carboxylic acids is 1. The van der Waals surface area contributed by atoms with Gasteiger partial charge >= 0.3 is 0 Å². The zero-order valence-electron chi connectivity index (χ0n) is 12.1. The first-order valence-electron chi connectivity index (χ1n) is 7.25. The Balaban J connectivity index is 0.00000144. The van der Waals surface area contributed by atoms with Gasteiger partial charge in [-0.2, -0.15) is 0 Å². The van der Waals surface area contributed by atoms with Crippen LogP contribution in [0.3, 0.4) is 0 Å². The predicted octanol–water partition coefficient (Wildman–Crippen LogP) is 0.981. The third kappa shape index (κ3) is 2.64. The lowest BCUT2D eigenvalue weighted by Gasteiger charge is -2.39. The molecule has 1 N–H and O–H groups in total. The molecule has 0 radical (unpaired) electrons. The van der Waals surface area contributed by atoms with Crippen LogP contribution in [0, 0.1) is 5.92 Å². The lowest BCUT2D eigenvalue weighted by atomic mass is 10.0. The molecule has 22 heavy (non-hydrogen) atoms. The maximum atomic E-state index is 12.2. The number of hydrogen-bond acceptors (Lipinski definition) is 6. The van der Waals surface area contributed by atoms with E-state index in [0.29, 0.717) is 5.91 Å². The molecule has 2 aromatic rings. The molecule has 4 rings (SSSR count). The average molecular weight is 340 g/mol. The molecule has 4 heterocycles. The molecule has 0 spiro atoms. The second kappa shape index (κ2) is 6.36. The van der Waals surface area contributed by atoms with Crippen molar-refractivity contribution in [3.8, 4) is 0 Å². The molecule has 0 saturated carbocycles. The number of thiophene rings is 1. The number of nitrogens with one attached hydrogen (secondary N) is 1. The lowest BCUT2D eigenvalue weighted by molar-refractivity contribution is -0.137. The normalized spacial score (nSPS) is 18.9. The van der Waals surface area contributed by atoms with Crippen molar-refractivity contribution in [3.63, 3.8) is 0 Å². The summed E-state index contributed by atoms with van der Waals surface area (Å²) in [5.74, 6) is 1.50. The van der Waals surface area contributed by atoms with Gasteiger partial charge in [0.05, 0.1) is 11.3 Å². The molecule has 0 aliphatic carbocycles. The fourth-order valence-electron chi connectivity index (χ4n) is 2.89. The summed E-state index contributed by atoms with van der Waals surface area (Å²) in [6, 6.07) is 2.08. The van der Waals surface area contributed by atoms with Gasteiger partial charge in [0.15, 0.2) is 0 Å². The Kier molecular flexibility index (Phi) is 4.46. The molecule has 1 amide bonds. The predicted molar refractivity (Wildman–Crippen MR) is 89.8 cm³/mol. The monoisotopic (exact) mass is 339 g/mol. The molecule has 0 aromatic carbocycles.